The molecule has 0 aromatic carbocycles. The van der Waals surface area contributed by atoms with E-state index in [1.54, 1.807) is 4.90 Å². The Bertz CT molecular complexity index is 324. The molecule has 0 bridgehead atoms. The van der Waals surface area contributed by atoms with Crippen molar-refractivity contribution < 1.29 is 14.0 Å². The number of rotatable bonds is 2. The molecule has 1 aliphatic heterocycles. The molecule has 1 saturated heterocycles. The lowest BCUT2D eigenvalue weighted by atomic mass is 9.86. The minimum atomic E-state index is -0.851. The van der Waals surface area contributed by atoms with Crippen LogP contribution in [-0.4, -0.2) is 40.7 Å². The Morgan fingerprint density at radius 3 is 2.82 bits per heavy atom. The normalized spacial score (nSPS) is 34.1. The molecule has 0 aromatic rings. The highest BCUT2D eigenvalue weighted by Gasteiger charge is 2.31. The van der Waals surface area contributed by atoms with Crippen molar-refractivity contribution in [1.29, 1.82) is 0 Å². The highest BCUT2D eigenvalue weighted by atomic mass is 79.9. The average Bonchev–Trinajstić information content (AvgIpc) is 2.70. The zero-order valence-corrected chi connectivity index (χ0v) is 11.3. The number of amides is 1. The number of ketones is 1. The third-order valence-electron chi connectivity index (χ3n) is 3.64. The Balaban J connectivity index is 1.81. The quantitative estimate of drug-likeness (QED) is 0.733. The molecule has 1 amide bonds. The molecule has 5 heteroatoms. The van der Waals surface area contributed by atoms with Crippen LogP contribution in [0.2, 0.25) is 0 Å². The van der Waals surface area contributed by atoms with Crippen molar-refractivity contribution >= 4 is 27.6 Å². The molecule has 1 aliphatic carbocycles. The highest BCUT2D eigenvalue weighted by molar-refractivity contribution is 9.10. The molecule has 2 fully saturated rings. The van der Waals surface area contributed by atoms with Crippen molar-refractivity contribution in [3.63, 3.8) is 0 Å². The number of hydrogen-bond donors (Lipinski definition) is 0. The summed E-state index contributed by atoms with van der Waals surface area (Å²) in [4.78, 5) is 24.8. The summed E-state index contributed by atoms with van der Waals surface area (Å²) < 4.78 is 13.0. The SMILES string of the molecule is O=C1CCC(CC(=O)N2CC[C@H](F)C2)CC1Br. The van der Waals surface area contributed by atoms with E-state index < -0.39 is 6.17 Å². The zero-order chi connectivity index (χ0) is 12.4. The average molecular weight is 306 g/mol. The van der Waals surface area contributed by atoms with Crippen LogP contribution in [0.4, 0.5) is 4.39 Å². The van der Waals surface area contributed by atoms with Gasteiger partial charge < -0.3 is 4.90 Å². The topological polar surface area (TPSA) is 37.4 Å². The van der Waals surface area contributed by atoms with Crippen LogP contribution in [0.25, 0.3) is 0 Å². The predicted molar refractivity (Wildman–Crippen MR) is 65.8 cm³/mol. The van der Waals surface area contributed by atoms with Crippen LogP contribution < -0.4 is 0 Å². The van der Waals surface area contributed by atoms with Crippen molar-refractivity contribution in [3.05, 3.63) is 0 Å². The van der Waals surface area contributed by atoms with E-state index in [9.17, 15) is 14.0 Å². The van der Waals surface area contributed by atoms with Crippen LogP contribution >= 0.6 is 15.9 Å². The summed E-state index contributed by atoms with van der Waals surface area (Å²) in [7, 11) is 0. The molecule has 0 N–H and O–H groups in total. The second-order valence-electron chi connectivity index (χ2n) is 5.00. The first-order valence-electron chi connectivity index (χ1n) is 6.15. The largest absolute Gasteiger partial charge is 0.340 e. The molecule has 1 saturated carbocycles. The summed E-state index contributed by atoms with van der Waals surface area (Å²) in [6.45, 7) is 0.797. The number of hydrogen-bond acceptors (Lipinski definition) is 2. The van der Waals surface area contributed by atoms with Crippen LogP contribution in [0, 0.1) is 5.92 Å². The van der Waals surface area contributed by atoms with Crippen molar-refractivity contribution in [1.82, 2.24) is 4.90 Å². The maximum atomic E-state index is 13.0. The van der Waals surface area contributed by atoms with E-state index in [2.05, 4.69) is 15.9 Å². The smallest absolute Gasteiger partial charge is 0.222 e. The van der Waals surface area contributed by atoms with E-state index in [0.29, 0.717) is 25.8 Å². The first kappa shape index (κ1) is 13.0. The Kier molecular flexibility index (Phi) is 4.17. The maximum absolute atomic E-state index is 13.0. The van der Waals surface area contributed by atoms with Crippen LogP contribution in [0.1, 0.15) is 32.1 Å². The summed E-state index contributed by atoms with van der Waals surface area (Å²) >= 11 is 3.34. The lowest BCUT2D eigenvalue weighted by Crippen LogP contribution is -2.33. The summed E-state index contributed by atoms with van der Waals surface area (Å²) in [5.41, 5.74) is 0. The van der Waals surface area contributed by atoms with Crippen LogP contribution in [-0.2, 0) is 9.59 Å². The van der Waals surface area contributed by atoms with Gasteiger partial charge in [0.25, 0.3) is 0 Å². The fourth-order valence-corrected chi connectivity index (χ4v) is 3.31. The molecule has 3 atom stereocenters. The molecule has 3 nitrogen and oxygen atoms in total. The van der Waals surface area contributed by atoms with Gasteiger partial charge >= 0.3 is 0 Å². The van der Waals surface area contributed by atoms with E-state index in [4.69, 9.17) is 0 Å². The molecule has 2 rings (SSSR count). The highest BCUT2D eigenvalue weighted by Crippen LogP contribution is 2.29. The summed E-state index contributed by atoms with van der Waals surface area (Å²) in [6.07, 6.45) is 2.16. The molecular formula is C12H17BrFNO2. The third-order valence-corrected chi connectivity index (χ3v) is 4.52. The fourth-order valence-electron chi connectivity index (χ4n) is 2.55. The lowest BCUT2D eigenvalue weighted by Gasteiger charge is -2.26. The number of carbonyl (C=O) groups excluding carboxylic acids is 2. The van der Waals surface area contributed by atoms with Gasteiger partial charge in [0.1, 0.15) is 12.0 Å². The summed E-state index contributed by atoms with van der Waals surface area (Å²) in [6, 6.07) is 0. The fraction of sp³-hybridized carbons (Fsp3) is 0.833. The number of halogens is 2. The zero-order valence-electron chi connectivity index (χ0n) is 9.70. The van der Waals surface area contributed by atoms with Crippen molar-refractivity contribution in [2.75, 3.05) is 13.1 Å². The Morgan fingerprint density at radius 2 is 2.24 bits per heavy atom. The van der Waals surface area contributed by atoms with E-state index >= 15 is 0 Å². The third kappa shape index (κ3) is 3.27. The molecule has 0 spiro atoms. The van der Waals surface area contributed by atoms with Gasteiger partial charge in [-0.1, -0.05) is 15.9 Å². The Morgan fingerprint density at radius 1 is 1.47 bits per heavy atom. The van der Waals surface area contributed by atoms with Gasteiger partial charge in [-0.25, -0.2) is 4.39 Å². The second-order valence-corrected chi connectivity index (χ2v) is 6.11. The van der Waals surface area contributed by atoms with E-state index in [0.717, 1.165) is 12.8 Å². The molecule has 1 heterocycles. The number of Topliss-reactive ketones (excluding diaryl/α,β-unsaturated/α-hetero) is 1. The number of likely N-dealkylation sites (tertiary alicyclic amines) is 1. The van der Waals surface area contributed by atoms with Gasteiger partial charge in [-0.3, -0.25) is 9.59 Å². The standard InChI is InChI=1S/C12H17BrFNO2/c13-10-5-8(1-2-11(10)16)6-12(17)15-4-3-9(14)7-15/h8-10H,1-7H2/t8?,9-,10?/m0/s1. The van der Waals surface area contributed by atoms with Gasteiger partial charge in [0.05, 0.1) is 11.4 Å². The monoisotopic (exact) mass is 305 g/mol. The van der Waals surface area contributed by atoms with E-state index in [-0.39, 0.29) is 29.0 Å². The Hall–Kier alpha value is -0.450. The number of nitrogens with zero attached hydrogens (tertiary/aromatic N) is 1. The number of carbonyl (C=O) groups is 2. The number of alkyl halides is 2. The molecule has 0 radical (unpaired) electrons. The van der Waals surface area contributed by atoms with Gasteiger partial charge in [0.15, 0.2) is 0 Å². The lowest BCUT2D eigenvalue weighted by molar-refractivity contribution is -0.132. The van der Waals surface area contributed by atoms with E-state index in [1.165, 1.54) is 0 Å². The molecule has 17 heavy (non-hydrogen) atoms. The van der Waals surface area contributed by atoms with Gasteiger partial charge in [-0.2, -0.15) is 0 Å². The predicted octanol–water partition coefficient (Wildman–Crippen LogP) is 2.08. The van der Waals surface area contributed by atoms with E-state index in [1.807, 2.05) is 0 Å². The summed E-state index contributed by atoms with van der Waals surface area (Å²) in [5, 5.41) is 0. The maximum Gasteiger partial charge on any atom is 0.222 e. The molecule has 2 aliphatic rings. The molecule has 0 aromatic heterocycles. The molecular weight excluding hydrogens is 289 g/mol. The minimum absolute atomic E-state index is 0.0456. The first-order chi connectivity index (χ1) is 8.06. The summed E-state index contributed by atoms with van der Waals surface area (Å²) in [5.74, 6) is 0.547. The van der Waals surface area contributed by atoms with Crippen molar-refractivity contribution in [2.24, 2.45) is 5.92 Å². The molecule has 96 valence electrons. The van der Waals surface area contributed by atoms with Crippen molar-refractivity contribution in [3.8, 4) is 0 Å². The first-order valence-corrected chi connectivity index (χ1v) is 7.06. The Labute approximate surface area is 109 Å². The molecule has 2 unspecified atom stereocenters. The van der Waals surface area contributed by atoms with Crippen LogP contribution in [0.3, 0.4) is 0 Å². The van der Waals surface area contributed by atoms with Gasteiger partial charge in [0, 0.05) is 19.4 Å². The minimum Gasteiger partial charge on any atom is -0.340 e. The van der Waals surface area contributed by atoms with Gasteiger partial charge in [0.2, 0.25) is 5.91 Å². The van der Waals surface area contributed by atoms with Gasteiger partial charge in [-0.05, 0) is 25.2 Å². The van der Waals surface area contributed by atoms with Crippen molar-refractivity contribution in [2.45, 2.75) is 43.1 Å². The van der Waals surface area contributed by atoms with Crippen LogP contribution in [0.5, 0.6) is 0 Å². The second kappa shape index (κ2) is 5.46. The van der Waals surface area contributed by atoms with Gasteiger partial charge in [-0.15, -0.1) is 0 Å². The van der Waals surface area contributed by atoms with Crippen LogP contribution in [0.15, 0.2) is 0 Å².